The highest BCUT2D eigenvalue weighted by atomic mass is 19.4. The van der Waals surface area contributed by atoms with Crippen molar-refractivity contribution in [1.82, 2.24) is 0 Å². The largest absolute Gasteiger partial charge is 0.494 e. The van der Waals surface area contributed by atoms with E-state index in [0.29, 0.717) is 30.5 Å². The van der Waals surface area contributed by atoms with Crippen LogP contribution >= 0.6 is 0 Å². The number of rotatable bonds is 8. The molecule has 0 radical (unpaired) electrons. The van der Waals surface area contributed by atoms with Gasteiger partial charge in [-0.1, -0.05) is 18.2 Å². The van der Waals surface area contributed by atoms with Crippen LogP contribution in [0.15, 0.2) is 66.7 Å². The van der Waals surface area contributed by atoms with Gasteiger partial charge in [0, 0.05) is 23.9 Å². The van der Waals surface area contributed by atoms with E-state index in [-0.39, 0.29) is 5.75 Å². The first-order valence-electron chi connectivity index (χ1n) is 9.36. The SMILES string of the molecule is CCOc1ccc(NCc2ccccc2Oc2ccc(C(F)(F)F)cc2[N+](=O)[O-])cc1. The molecular formula is C22H19F3N2O4. The van der Waals surface area contributed by atoms with Crippen LogP contribution in [0.25, 0.3) is 0 Å². The summed E-state index contributed by atoms with van der Waals surface area (Å²) in [7, 11) is 0. The second-order valence-corrected chi connectivity index (χ2v) is 6.46. The van der Waals surface area contributed by atoms with Crippen LogP contribution in [0.1, 0.15) is 18.1 Å². The van der Waals surface area contributed by atoms with Gasteiger partial charge in [-0.05, 0) is 49.4 Å². The third-order valence-electron chi connectivity index (χ3n) is 4.32. The van der Waals surface area contributed by atoms with Gasteiger partial charge in [-0.3, -0.25) is 10.1 Å². The highest BCUT2D eigenvalue weighted by molar-refractivity contribution is 5.53. The van der Waals surface area contributed by atoms with Crippen molar-refractivity contribution in [3.63, 3.8) is 0 Å². The fraction of sp³-hybridized carbons (Fsp3) is 0.182. The minimum absolute atomic E-state index is 0.272. The fourth-order valence-corrected chi connectivity index (χ4v) is 2.82. The molecule has 0 saturated heterocycles. The summed E-state index contributed by atoms with van der Waals surface area (Å²) in [5.74, 6) is 0.765. The monoisotopic (exact) mass is 432 g/mol. The molecule has 0 unspecified atom stereocenters. The summed E-state index contributed by atoms with van der Waals surface area (Å²) in [6, 6.07) is 16.3. The summed E-state index contributed by atoms with van der Waals surface area (Å²) in [5.41, 5.74) is -0.384. The van der Waals surface area contributed by atoms with Gasteiger partial charge in [0.1, 0.15) is 11.5 Å². The Morgan fingerprint density at radius 1 is 1.00 bits per heavy atom. The number of nitro groups is 1. The third-order valence-corrected chi connectivity index (χ3v) is 4.32. The number of halogens is 3. The smallest absolute Gasteiger partial charge is 0.416 e. The van der Waals surface area contributed by atoms with Gasteiger partial charge >= 0.3 is 11.9 Å². The van der Waals surface area contributed by atoms with Crippen molar-refractivity contribution in [3.8, 4) is 17.2 Å². The van der Waals surface area contributed by atoms with E-state index in [9.17, 15) is 23.3 Å². The molecule has 0 bridgehead atoms. The quantitative estimate of drug-likeness (QED) is 0.329. The summed E-state index contributed by atoms with van der Waals surface area (Å²) in [5, 5.41) is 14.5. The highest BCUT2D eigenvalue weighted by Crippen LogP contribution is 2.38. The average molecular weight is 432 g/mol. The first-order valence-corrected chi connectivity index (χ1v) is 9.36. The Morgan fingerprint density at radius 3 is 2.35 bits per heavy atom. The zero-order chi connectivity index (χ0) is 22.4. The Kier molecular flexibility index (Phi) is 6.64. The Bertz CT molecular complexity index is 1050. The number of benzene rings is 3. The van der Waals surface area contributed by atoms with Gasteiger partial charge in [-0.2, -0.15) is 13.2 Å². The molecule has 0 amide bonds. The van der Waals surface area contributed by atoms with E-state index in [0.717, 1.165) is 23.6 Å². The number of nitro benzene ring substituents is 1. The zero-order valence-corrected chi connectivity index (χ0v) is 16.5. The van der Waals surface area contributed by atoms with E-state index >= 15 is 0 Å². The van der Waals surface area contributed by atoms with Gasteiger partial charge < -0.3 is 14.8 Å². The van der Waals surface area contributed by atoms with E-state index < -0.39 is 22.4 Å². The van der Waals surface area contributed by atoms with E-state index in [1.165, 1.54) is 0 Å². The molecule has 6 nitrogen and oxygen atoms in total. The van der Waals surface area contributed by atoms with Gasteiger partial charge in [-0.15, -0.1) is 0 Å². The minimum Gasteiger partial charge on any atom is -0.494 e. The first kappa shape index (κ1) is 21.9. The second kappa shape index (κ2) is 9.38. The molecule has 3 rings (SSSR count). The lowest BCUT2D eigenvalue weighted by molar-refractivity contribution is -0.385. The molecule has 1 N–H and O–H groups in total. The average Bonchev–Trinajstić information content (AvgIpc) is 2.73. The van der Waals surface area contributed by atoms with Crippen LogP contribution in [-0.2, 0) is 12.7 Å². The molecule has 0 fully saturated rings. The molecule has 3 aromatic rings. The third kappa shape index (κ3) is 5.65. The maximum absolute atomic E-state index is 12.9. The molecule has 0 spiro atoms. The molecule has 0 aromatic heterocycles. The number of ether oxygens (including phenoxy) is 2. The molecule has 0 heterocycles. The van der Waals surface area contributed by atoms with Gasteiger partial charge in [0.15, 0.2) is 0 Å². The van der Waals surface area contributed by atoms with Crippen molar-refractivity contribution in [2.45, 2.75) is 19.6 Å². The van der Waals surface area contributed by atoms with Gasteiger partial charge in [0.25, 0.3) is 0 Å². The molecule has 162 valence electrons. The molecule has 0 aliphatic heterocycles. The van der Waals surface area contributed by atoms with Crippen LogP contribution in [0, 0.1) is 10.1 Å². The van der Waals surface area contributed by atoms with Crippen LogP contribution in [0.5, 0.6) is 17.2 Å². The molecule has 0 saturated carbocycles. The van der Waals surface area contributed by atoms with E-state index in [1.54, 1.807) is 24.3 Å². The standard InChI is InChI=1S/C22H19F3N2O4/c1-2-30-18-10-8-17(9-11-18)26-14-15-5-3-4-6-20(15)31-21-12-7-16(22(23,24)25)13-19(21)27(28)29/h3-13,26H,2,14H2,1H3. The Labute approximate surface area is 176 Å². The second-order valence-electron chi connectivity index (χ2n) is 6.46. The number of alkyl halides is 3. The van der Waals surface area contributed by atoms with E-state index in [1.807, 2.05) is 31.2 Å². The van der Waals surface area contributed by atoms with E-state index in [4.69, 9.17) is 9.47 Å². The predicted molar refractivity (Wildman–Crippen MR) is 110 cm³/mol. The van der Waals surface area contributed by atoms with Gasteiger partial charge in [-0.25, -0.2) is 0 Å². The maximum Gasteiger partial charge on any atom is 0.416 e. The number of nitrogens with zero attached hydrogens (tertiary/aromatic N) is 1. The number of para-hydroxylation sites is 1. The lowest BCUT2D eigenvalue weighted by atomic mass is 10.1. The van der Waals surface area contributed by atoms with Gasteiger partial charge in [0.2, 0.25) is 5.75 Å². The topological polar surface area (TPSA) is 73.6 Å². The maximum atomic E-state index is 12.9. The molecule has 0 atom stereocenters. The number of hydrogen-bond donors (Lipinski definition) is 1. The van der Waals surface area contributed by atoms with Crippen molar-refractivity contribution in [1.29, 1.82) is 0 Å². The summed E-state index contributed by atoms with van der Waals surface area (Å²) in [4.78, 5) is 10.4. The Hall–Kier alpha value is -3.75. The molecule has 0 aliphatic carbocycles. The molecule has 31 heavy (non-hydrogen) atoms. The summed E-state index contributed by atoms with van der Waals surface area (Å²) in [6.45, 7) is 2.79. The molecule has 9 heteroatoms. The minimum atomic E-state index is -4.69. The van der Waals surface area contributed by atoms with Crippen molar-refractivity contribution in [2.24, 2.45) is 0 Å². The predicted octanol–water partition coefficient (Wildman–Crippen LogP) is 6.42. The highest BCUT2D eigenvalue weighted by Gasteiger charge is 2.33. The van der Waals surface area contributed by atoms with Crippen LogP contribution < -0.4 is 14.8 Å². The summed E-state index contributed by atoms with van der Waals surface area (Å²) >= 11 is 0. The molecule has 3 aromatic carbocycles. The number of anilines is 1. The van der Waals surface area contributed by atoms with E-state index in [2.05, 4.69) is 5.32 Å². The molecular weight excluding hydrogens is 413 g/mol. The normalized spacial score (nSPS) is 11.1. The van der Waals surface area contributed by atoms with Gasteiger partial charge in [0.05, 0.1) is 17.1 Å². The molecule has 0 aliphatic rings. The van der Waals surface area contributed by atoms with Crippen LogP contribution in [0.4, 0.5) is 24.5 Å². The Morgan fingerprint density at radius 2 is 1.71 bits per heavy atom. The fourth-order valence-electron chi connectivity index (χ4n) is 2.82. The summed E-state index contributed by atoms with van der Waals surface area (Å²) < 4.78 is 49.7. The first-order chi connectivity index (χ1) is 14.8. The number of nitrogens with one attached hydrogen (secondary N) is 1. The Balaban J connectivity index is 1.80. The van der Waals surface area contributed by atoms with Crippen LogP contribution in [0.2, 0.25) is 0 Å². The van der Waals surface area contributed by atoms with Crippen molar-refractivity contribution in [2.75, 3.05) is 11.9 Å². The lowest BCUT2D eigenvalue weighted by Crippen LogP contribution is -2.06. The van der Waals surface area contributed by atoms with Crippen molar-refractivity contribution < 1.29 is 27.6 Å². The van der Waals surface area contributed by atoms with Crippen molar-refractivity contribution >= 4 is 11.4 Å². The van der Waals surface area contributed by atoms with Crippen molar-refractivity contribution in [3.05, 3.63) is 88.0 Å². The zero-order valence-electron chi connectivity index (χ0n) is 16.5. The lowest BCUT2D eigenvalue weighted by Gasteiger charge is -2.14. The van der Waals surface area contributed by atoms with Crippen LogP contribution in [-0.4, -0.2) is 11.5 Å². The summed E-state index contributed by atoms with van der Waals surface area (Å²) in [6.07, 6.45) is -4.69. The van der Waals surface area contributed by atoms with Crippen LogP contribution in [0.3, 0.4) is 0 Å². The number of hydrogen-bond acceptors (Lipinski definition) is 5.